The number of ether oxygens (including phenoxy) is 1. The average molecular weight is 494 g/mol. The van der Waals surface area contributed by atoms with Crippen molar-refractivity contribution in [1.29, 1.82) is 0 Å². The number of hydrogen-bond acceptors (Lipinski definition) is 7. The number of morpholine rings is 1. The van der Waals surface area contributed by atoms with Gasteiger partial charge in [0.25, 0.3) is 5.56 Å². The number of nitrogens with zero attached hydrogens (tertiary/aromatic N) is 6. The fraction of sp³-hybridized carbons (Fsp3) is 0.630. The molecule has 0 bridgehead atoms. The zero-order valence-corrected chi connectivity index (χ0v) is 21.7. The first-order valence-electron chi connectivity index (χ1n) is 13.6. The van der Waals surface area contributed by atoms with Gasteiger partial charge in [0, 0.05) is 43.8 Å². The molecule has 1 aliphatic carbocycles. The van der Waals surface area contributed by atoms with Gasteiger partial charge in [0.2, 0.25) is 0 Å². The molecule has 36 heavy (non-hydrogen) atoms. The highest BCUT2D eigenvalue weighted by Gasteiger charge is 2.29. The lowest BCUT2D eigenvalue weighted by atomic mass is 9.95. The summed E-state index contributed by atoms with van der Waals surface area (Å²) < 4.78 is 7.63. The van der Waals surface area contributed by atoms with Crippen molar-refractivity contribution in [2.45, 2.75) is 71.0 Å². The molecule has 1 N–H and O–H groups in total. The van der Waals surface area contributed by atoms with Crippen LogP contribution in [0.15, 0.2) is 29.1 Å². The zero-order chi connectivity index (χ0) is 24.9. The second-order valence-corrected chi connectivity index (χ2v) is 10.3. The molecule has 2 aliphatic rings. The lowest BCUT2D eigenvalue weighted by Crippen LogP contribution is -2.43. The van der Waals surface area contributed by atoms with Crippen molar-refractivity contribution >= 4 is 10.9 Å². The number of aromatic nitrogens is 5. The Labute approximate surface area is 212 Å². The normalized spacial score (nSPS) is 18.8. The molecule has 1 aliphatic heterocycles. The summed E-state index contributed by atoms with van der Waals surface area (Å²) in [5.41, 5.74) is 2.82. The number of nitrogens with one attached hydrogen (secondary N) is 1. The topological polar surface area (TPSA) is 92.2 Å². The number of benzene rings is 1. The molecule has 3 aromatic rings. The predicted molar refractivity (Wildman–Crippen MR) is 140 cm³/mol. The Morgan fingerprint density at radius 2 is 1.97 bits per heavy atom. The molecule has 3 heterocycles. The van der Waals surface area contributed by atoms with Crippen molar-refractivity contribution in [3.8, 4) is 0 Å². The van der Waals surface area contributed by atoms with Crippen LogP contribution in [0.3, 0.4) is 0 Å². The molecule has 5 rings (SSSR count). The molecule has 0 unspecified atom stereocenters. The summed E-state index contributed by atoms with van der Waals surface area (Å²) in [6.07, 6.45) is 6.89. The van der Waals surface area contributed by atoms with Crippen LogP contribution in [0.25, 0.3) is 10.9 Å². The Kier molecular flexibility index (Phi) is 8.09. The van der Waals surface area contributed by atoms with E-state index in [4.69, 9.17) is 4.74 Å². The fourth-order valence-corrected chi connectivity index (χ4v) is 5.76. The number of aryl methyl sites for hydroxylation is 1. The van der Waals surface area contributed by atoms with E-state index in [0.29, 0.717) is 12.6 Å². The third-order valence-corrected chi connectivity index (χ3v) is 7.82. The van der Waals surface area contributed by atoms with E-state index in [1.807, 2.05) is 12.1 Å². The molecule has 194 valence electrons. The van der Waals surface area contributed by atoms with Crippen LogP contribution in [0.4, 0.5) is 0 Å². The van der Waals surface area contributed by atoms with Crippen molar-refractivity contribution in [1.82, 2.24) is 35.0 Å². The van der Waals surface area contributed by atoms with Crippen LogP contribution in [0.2, 0.25) is 0 Å². The van der Waals surface area contributed by atoms with Crippen molar-refractivity contribution in [3.63, 3.8) is 0 Å². The zero-order valence-electron chi connectivity index (χ0n) is 21.7. The van der Waals surface area contributed by atoms with Crippen LogP contribution in [-0.2, 0) is 11.3 Å². The molecule has 1 saturated carbocycles. The van der Waals surface area contributed by atoms with Crippen LogP contribution >= 0.6 is 0 Å². The summed E-state index contributed by atoms with van der Waals surface area (Å²) in [6.45, 7) is 10.0. The number of fused-ring (bicyclic) bond motifs is 1. The van der Waals surface area contributed by atoms with E-state index in [0.717, 1.165) is 80.9 Å². The van der Waals surface area contributed by atoms with Gasteiger partial charge >= 0.3 is 0 Å². The second kappa shape index (κ2) is 11.6. The maximum atomic E-state index is 13.1. The summed E-state index contributed by atoms with van der Waals surface area (Å²) >= 11 is 0. The fourth-order valence-electron chi connectivity index (χ4n) is 5.76. The minimum Gasteiger partial charge on any atom is -0.379 e. The Balaban J connectivity index is 1.45. The summed E-state index contributed by atoms with van der Waals surface area (Å²) in [7, 11) is 0. The quantitative estimate of drug-likeness (QED) is 0.487. The Bertz CT molecular complexity index is 1190. The molecule has 1 aromatic carbocycles. The lowest BCUT2D eigenvalue weighted by molar-refractivity contribution is 0.0290. The van der Waals surface area contributed by atoms with Crippen molar-refractivity contribution in [2.75, 3.05) is 39.4 Å². The van der Waals surface area contributed by atoms with E-state index in [1.54, 1.807) is 0 Å². The van der Waals surface area contributed by atoms with E-state index < -0.39 is 0 Å². The molecule has 1 atom stereocenters. The van der Waals surface area contributed by atoms with Gasteiger partial charge in [-0.1, -0.05) is 37.8 Å². The van der Waals surface area contributed by atoms with E-state index in [-0.39, 0.29) is 11.6 Å². The van der Waals surface area contributed by atoms with E-state index in [1.165, 1.54) is 24.8 Å². The molecule has 1 saturated heterocycles. The highest BCUT2D eigenvalue weighted by Crippen LogP contribution is 2.32. The first kappa shape index (κ1) is 25.0. The number of hydrogen-bond donors (Lipinski definition) is 1. The SMILES string of the molecule is CC[C@H](c1nnnn1C1CCCCC1)N(CCN1CCOCC1)Cc1cc2cc(C)ccc2[nH]c1=O. The number of tetrazole rings is 1. The molecule has 0 spiro atoms. The van der Waals surface area contributed by atoms with Gasteiger partial charge in [-0.15, -0.1) is 5.10 Å². The number of aromatic amines is 1. The minimum absolute atomic E-state index is 0.0237. The van der Waals surface area contributed by atoms with Crippen LogP contribution in [0.1, 0.15) is 74.5 Å². The average Bonchev–Trinajstić information content (AvgIpc) is 3.39. The van der Waals surface area contributed by atoms with E-state index in [9.17, 15) is 4.79 Å². The molecule has 2 fully saturated rings. The summed E-state index contributed by atoms with van der Waals surface area (Å²) in [5, 5.41) is 14.2. The van der Waals surface area contributed by atoms with Crippen molar-refractivity contribution in [2.24, 2.45) is 0 Å². The minimum atomic E-state index is -0.0237. The van der Waals surface area contributed by atoms with Crippen molar-refractivity contribution < 1.29 is 4.74 Å². The molecule has 0 amide bonds. The summed E-state index contributed by atoms with van der Waals surface area (Å²) in [4.78, 5) is 21.1. The number of H-pyrrole nitrogens is 1. The molecule has 9 heteroatoms. The second-order valence-electron chi connectivity index (χ2n) is 10.3. The number of pyridine rings is 1. The third-order valence-electron chi connectivity index (χ3n) is 7.82. The van der Waals surface area contributed by atoms with Crippen LogP contribution in [0, 0.1) is 6.92 Å². The maximum Gasteiger partial charge on any atom is 0.252 e. The summed E-state index contributed by atoms with van der Waals surface area (Å²) in [6, 6.07) is 8.61. The standard InChI is InChI=1S/C27H39N7O2/c1-3-25(26-29-30-31-34(26)23-7-5-4-6-8-23)33(12-11-32-13-15-36-16-14-32)19-22-18-21-17-20(2)9-10-24(21)28-27(22)35/h9-10,17-18,23,25H,3-8,11-16,19H2,1-2H3,(H,28,35)/t25-/m1/s1. The predicted octanol–water partition coefficient (Wildman–Crippen LogP) is 3.61. The van der Waals surface area contributed by atoms with E-state index >= 15 is 0 Å². The van der Waals surface area contributed by atoms with Gasteiger partial charge in [-0.2, -0.15) is 0 Å². The summed E-state index contributed by atoms with van der Waals surface area (Å²) in [5.74, 6) is 0.930. The van der Waals surface area contributed by atoms with Gasteiger partial charge in [0.15, 0.2) is 5.82 Å². The Morgan fingerprint density at radius 3 is 2.75 bits per heavy atom. The Hall–Kier alpha value is -2.62. The van der Waals surface area contributed by atoms with Gasteiger partial charge in [0.1, 0.15) is 0 Å². The largest absolute Gasteiger partial charge is 0.379 e. The Morgan fingerprint density at radius 1 is 1.17 bits per heavy atom. The van der Waals surface area contributed by atoms with E-state index in [2.05, 4.69) is 61.0 Å². The number of rotatable bonds is 9. The van der Waals surface area contributed by atoms with Crippen molar-refractivity contribution in [3.05, 3.63) is 51.6 Å². The van der Waals surface area contributed by atoms with Gasteiger partial charge in [-0.05, 0) is 60.2 Å². The monoisotopic (exact) mass is 493 g/mol. The van der Waals surface area contributed by atoms with Crippen LogP contribution in [-0.4, -0.2) is 74.4 Å². The van der Waals surface area contributed by atoms with Gasteiger partial charge < -0.3 is 9.72 Å². The van der Waals surface area contributed by atoms with Gasteiger partial charge in [-0.3, -0.25) is 14.6 Å². The molecular formula is C27H39N7O2. The molecule has 9 nitrogen and oxygen atoms in total. The highest BCUT2D eigenvalue weighted by molar-refractivity contribution is 5.79. The van der Waals surface area contributed by atoms with Gasteiger partial charge in [-0.25, -0.2) is 4.68 Å². The molecule has 0 radical (unpaired) electrons. The van der Waals surface area contributed by atoms with Crippen LogP contribution in [0.5, 0.6) is 0 Å². The van der Waals surface area contributed by atoms with Gasteiger partial charge in [0.05, 0.1) is 25.3 Å². The third kappa shape index (κ3) is 5.68. The highest BCUT2D eigenvalue weighted by atomic mass is 16.5. The first-order chi connectivity index (χ1) is 17.6. The molecule has 2 aromatic heterocycles. The lowest BCUT2D eigenvalue weighted by Gasteiger charge is -2.34. The molecular weight excluding hydrogens is 454 g/mol. The first-order valence-corrected chi connectivity index (χ1v) is 13.6. The smallest absolute Gasteiger partial charge is 0.252 e. The maximum absolute atomic E-state index is 13.1. The van der Waals surface area contributed by atoms with Crippen LogP contribution < -0.4 is 5.56 Å².